The first-order chi connectivity index (χ1) is 21.5. The van der Waals surface area contributed by atoms with Gasteiger partial charge >= 0.3 is 0 Å². The summed E-state index contributed by atoms with van der Waals surface area (Å²) in [5, 5.41) is 2.86. The molecule has 1 N–H and O–H groups in total. The van der Waals surface area contributed by atoms with Crippen LogP contribution < -0.4 is 10.1 Å². The number of hydrogen-bond donors (Lipinski definition) is 1. The molecule has 1 saturated heterocycles. The van der Waals surface area contributed by atoms with Crippen molar-refractivity contribution in [2.75, 3.05) is 5.32 Å². The third-order valence-corrected chi connectivity index (χ3v) is 10.8. The molecule has 8 rings (SSSR count). The number of alkyl halides is 2. The number of nitrogens with zero attached hydrogens (tertiary/aromatic N) is 1. The molecule has 3 amide bonds. The van der Waals surface area contributed by atoms with Gasteiger partial charge in [0.2, 0.25) is 17.7 Å². The van der Waals surface area contributed by atoms with E-state index < -0.39 is 45.3 Å². The molecule has 3 atom stereocenters. The van der Waals surface area contributed by atoms with Crippen molar-refractivity contribution in [1.82, 2.24) is 4.90 Å². The summed E-state index contributed by atoms with van der Waals surface area (Å²) in [6.07, 6.45) is 0. The Labute approximate surface area is 272 Å². The van der Waals surface area contributed by atoms with Gasteiger partial charge in [-0.1, -0.05) is 74.5 Å². The Morgan fingerprint density at radius 2 is 1.27 bits per heavy atom. The van der Waals surface area contributed by atoms with E-state index in [1.54, 1.807) is 31.2 Å². The van der Waals surface area contributed by atoms with Crippen LogP contribution in [-0.4, -0.2) is 28.7 Å². The first-order valence-corrected chi connectivity index (χ1v) is 15.9. The molecular formula is C37H32Cl2N2O4. The Balaban J connectivity index is 1.15. The lowest BCUT2D eigenvalue weighted by Gasteiger charge is -2.54. The Morgan fingerprint density at radius 3 is 1.73 bits per heavy atom. The number of carbonyl (C=O) groups excluding carboxylic acids is 3. The van der Waals surface area contributed by atoms with Crippen LogP contribution in [0.1, 0.15) is 60.1 Å². The maximum absolute atomic E-state index is 14.2. The fourth-order valence-electron chi connectivity index (χ4n) is 7.37. The second-order valence-electron chi connectivity index (χ2n) is 12.5. The minimum absolute atomic E-state index is 0.293. The summed E-state index contributed by atoms with van der Waals surface area (Å²) in [5.41, 5.74) is 5.57. The lowest BCUT2D eigenvalue weighted by molar-refractivity contribution is -0.146. The topological polar surface area (TPSA) is 75.7 Å². The molecule has 2 bridgehead atoms. The van der Waals surface area contributed by atoms with E-state index in [9.17, 15) is 14.4 Å². The molecule has 4 aromatic rings. The standard InChI is InChI=1S/C37H32Cl2N2O4/c1-20(2)25-18-13-21(3)19-30(25)45-24-16-14-23(15-17-24)40-33(42)22(4)41-34(43)31-32(35(41)44)37(39)27-10-6-5-9-26(27)36(31,38)28-11-7-8-12-29(28)37/h5-20,22,31-32H,1-4H3,(H,40,42)/t22-,31-,32+,36?,37?/m1/s1. The van der Waals surface area contributed by atoms with Gasteiger partial charge in [0, 0.05) is 5.69 Å². The number of nitrogens with one attached hydrogen (secondary N) is 1. The predicted molar refractivity (Wildman–Crippen MR) is 175 cm³/mol. The highest BCUT2D eigenvalue weighted by Crippen LogP contribution is 2.69. The Kier molecular flexibility index (Phi) is 6.88. The minimum Gasteiger partial charge on any atom is -0.457 e. The first kappa shape index (κ1) is 29.6. The van der Waals surface area contributed by atoms with Crippen molar-refractivity contribution in [3.8, 4) is 11.5 Å². The van der Waals surface area contributed by atoms with Gasteiger partial charge in [0.25, 0.3) is 0 Å². The van der Waals surface area contributed by atoms with E-state index in [1.807, 2.05) is 61.5 Å². The summed E-state index contributed by atoms with van der Waals surface area (Å²) in [7, 11) is 0. The maximum atomic E-state index is 14.2. The molecule has 45 heavy (non-hydrogen) atoms. The number of anilines is 1. The largest absolute Gasteiger partial charge is 0.457 e. The Bertz CT molecular complexity index is 1760. The van der Waals surface area contributed by atoms with Crippen LogP contribution in [0.2, 0.25) is 0 Å². The molecule has 0 saturated carbocycles. The van der Waals surface area contributed by atoms with Crippen molar-refractivity contribution in [2.24, 2.45) is 11.8 Å². The smallest absolute Gasteiger partial charge is 0.247 e. The van der Waals surface area contributed by atoms with Crippen molar-refractivity contribution in [3.05, 3.63) is 124 Å². The van der Waals surface area contributed by atoms with E-state index in [-0.39, 0.29) is 0 Å². The summed E-state index contributed by atoms with van der Waals surface area (Å²) in [6, 6.07) is 27.0. The fourth-order valence-corrected chi connectivity index (χ4v) is 8.47. The van der Waals surface area contributed by atoms with E-state index in [4.69, 9.17) is 27.9 Å². The highest BCUT2D eigenvalue weighted by atomic mass is 35.5. The molecular weight excluding hydrogens is 607 g/mol. The Morgan fingerprint density at radius 1 is 0.778 bits per heavy atom. The maximum Gasteiger partial charge on any atom is 0.247 e. The quantitative estimate of drug-likeness (QED) is 0.172. The number of benzene rings is 4. The van der Waals surface area contributed by atoms with Crippen LogP contribution in [0.4, 0.5) is 5.69 Å². The minimum atomic E-state index is -1.30. The average Bonchev–Trinajstić information content (AvgIpc) is 3.31. The number of carbonyl (C=O) groups is 3. The molecule has 0 unspecified atom stereocenters. The van der Waals surface area contributed by atoms with Crippen LogP contribution in [0.3, 0.4) is 0 Å². The number of imide groups is 1. The molecule has 8 heteroatoms. The van der Waals surface area contributed by atoms with Gasteiger partial charge in [-0.3, -0.25) is 19.3 Å². The number of hydrogen-bond acceptors (Lipinski definition) is 4. The average molecular weight is 640 g/mol. The molecule has 3 aliphatic carbocycles. The summed E-state index contributed by atoms with van der Waals surface area (Å²) in [4.78, 5) is 40.4. The molecule has 4 aromatic carbocycles. The second kappa shape index (κ2) is 10.5. The van der Waals surface area contributed by atoms with Crippen LogP contribution in [0.25, 0.3) is 0 Å². The van der Waals surface area contributed by atoms with E-state index in [1.165, 1.54) is 0 Å². The van der Waals surface area contributed by atoms with Gasteiger partial charge in [-0.05, 0) is 83.5 Å². The van der Waals surface area contributed by atoms with Gasteiger partial charge in [0.1, 0.15) is 27.3 Å². The van der Waals surface area contributed by atoms with Gasteiger partial charge in [0.15, 0.2) is 0 Å². The highest BCUT2D eigenvalue weighted by Gasteiger charge is 2.73. The second-order valence-corrected chi connectivity index (χ2v) is 13.7. The zero-order chi connectivity index (χ0) is 31.8. The van der Waals surface area contributed by atoms with Crippen LogP contribution in [0.15, 0.2) is 91.0 Å². The monoisotopic (exact) mass is 638 g/mol. The molecule has 1 fully saturated rings. The van der Waals surface area contributed by atoms with E-state index in [2.05, 4.69) is 31.3 Å². The lowest BCUT2D eigenvalue weighted by Crippen LogP contribution is -2.57. The normalized spacial score (nSPS) is 25.1. The molecule has 228 valence electrons. The molecule has 1 aliphatic heterocycles. The zero-order valence-electron chi connectivity index (χ0n) is 25.3. The number of amides is 3. The lowest BCUT2D eigenvalue weighted by atomic mass is 9.54. The van der Waals surface area contributed by atoms with Crippen molar-refractivity contribution in [1.29, 1.82) is 0 Å². The molecule has 0 radical (unpaired) electrons. The van der Waals surface area contributed by atoms with Crippen molar-refractivity contribution in [3.63, 3.8) is 0 Å². The number of rotatable bonds is 6. The SMILES string of the molecule is Cc1ccc(C(C)C)c(Oc2ccc(NC(=O)[C@@H](C)N3C(=O)[C@@H]4[C@H](C3=O)C3(Cl)c5ccccc5C4(Cl)c4ccccc43)cc2)c1. The molecule has 1 heterocycles. The summed E-state index contributed by atoms with van der Waals surface area (Å²) in [6.45, 7) is 7.80. The molecule has 0 aromatic heterocycles. The van der Waals surface area contributed by atoms with Crippen LogP contribution in [0, 0.1) is 18.8 Å². The predicted octanol–water partition coefficient (Wildman–Crippen LogP) is 7.83. The van der Waals surface area contributed by atoms with Crippen LogP contribution >= 0.6 is 23.2 Å². The van der Waals surface area contributed by atoms with Crippen molar-refractivity contribution < 1.29 is 19.1 Å². The molecule has 4 aliphatic rings. The summed E-state index contributed by atoms with van der Waals surface area (Å²) < 4.78 is 6.19. The summed E-state index contributed by atoms with van der Waals surface area (Å²) in [5.74, 6) is -1.72. The van der Waals surface area contributed by atoms with E-state index in [0.717, 1.165) is 44.0 Å². The van der Waals surface area contributed by atoms with E-state index >= 15 is 0 Å². The first-order valence-electron chi connectivity index (χ1n) is 15.1. The van der Waals surface area contributed by atoms with Crippen molar-refractivity contribution in [2.45, 2.75) is 49.4 Å². The number of aryl methyl sites for hydroxylation is 1. The fraction of sp³-hybridized carbons (Fsp3) is 0.270. The van der Waals surface area contributed by atoms with Gasteiger partial charge in [-0.2, -0.15) is 0 Å². The number of likely N-dealkylation sites (tertiary alicyclic amines) is 1. The van der Waals surface area contributed by atoms with Crippen LogP contribution in [-0.2, 0) is 24.1 Å². The van der Waals surface area contributed by atoms with Gasteiger partial charge in [-0.25, -0.2) is 0 Å². The van der Waals surface area contributed by atoms with E-state index in [0.29, 0.717) is 17.4 Å². The Hall–Kier alpha value is -4.13. The molecule has 6 nitrogen and oxygen atoms in total. The molecule has 0 spiro atoms. The van der Waals surface area contributed by atoms with Crippen LogP contribution in [0.5, 0.6) is 11.5 Å². The third-order valence-electron chi connectivity index (χ3n) is 9.53. The third kappa shape index (κ3) is 4.19. The number of halogens is 2. The van der Waals surface area contributed by atoms with Gasteiger partial charge in [-0.15, -0.1) is 23.2 Å². The summed E-state index contributed by atoms with van der Waals surface area (Å²) >= 11 is 15.0. The van der Waals surface area contributed by atoms with Gasteiger partial charge in [0.05, 0.1) is 11.8 Å². The highest BCUT2D eigenvalue weighted by molar-refractivity contribution is 6.36. The van der Waals surface area contributed by atoms with Crippen molar-refractivity contribution >= 4 is 46.6 Å². The number of ether oxygens (including phenoxy) is 1. The van der Waals surface area contributed by atoms with Gasteiger partial charge < -0.3 is 10.1 Å². The zero-order valence-corrected chi connectivity index (χ0v) is 26.8.